The average molecular weight is 413 g/mol. The summed E-state index contributed by atoms with van der Waals surface area (Å²) in [6.45, 7) is 5.56. The molecule has 160 valence electrons. The minimum absolute atomic E-state index is 0.289. The van der Waals surface area contributed by atoms with Crippen molar-refractivity contribution in [3.8, 4) is 0 Å². The van der Waals surface area contributed by atoms with Crippen LogP contribution in [0.15, 0.2) is 60.7 Å². The summed E-state index contributed by atoms with van der Waals surface area (Å²) in [5, 5.41) is 3.03. The molecule has 0 aromatic heterocycles. The molecule has 29 heavy (non-hydrogen) atoms. The zero-order valence-electron chi connectivity index (χ0n) is 18.9. The highest BCUT2D eigenvalue weighted by Crippen LogP contribution is 2.25. The molecule has 0 aliphatic rings. The standard InChI is InChI=1S/C26H40O2Si/c1-5-6-7-14-19-26(28-3)23(22-27-2)20-21-29(4,24-15-10-8-11-16-24)25-17-12-9-13-18-25/h8-13,15-18,23,26H,5-7,14,19-22H2,1-4H3. The number of ether oxygens (including phenoxy) is 2. The Labute approximate surface area is 179 Å². The second-order valence-corrected chi connectivity index (χ2v) is 12.8. The molecule has 2 aromatic carbocycles. The van der Waals surface area contributed by atoms with Gasteiger partial charge in [0.1, 0.15) is 8.07 Å². The summed E-state index contributed by atoms with van der Waals surface area (Å²) in [4.78, 5) is 0. The van der Waals surface area contributed by atoms with Gasteiger partial charge in [-0.1, -0.05) is 110 Å². The lowest BCUT2D eigenvalue weighted by Crippen LogP contribution is -2.55. The van der Waals surface area contributed by atoms with Gasteiger partial charge in [-0.25, -0.2) is 0 Å². The number of benzene rings is 2. The van der Waals surface area contributed by atoms with Crippen molar-refractivity contribution in [1.82, 2.24) is 0 Å². The minimum Gasteiger partial charge on any atom is -0.384 e. The first kappa shape index (κ1) is 23.9. The molecule has 3 heteroatoms. The van der Waals surface area contributed by atoms with Crippen LogP contribution in [0.2, 0.25) is 12.6 Å². The number of rotatable bonds is 14. The molecule has 0 bridgehead atoms. The summed E-state index contributed by atoms with van der Waals surface area (Å²) >= 11 is 0. The van der Waals surface area contributed by atoms with Gasteiger partial charge in [0.2, 0.25) is 0 Å². The van der Waals surface area contributed by atoms with Gasteiger partial charge in [0, 0.05) is 20.1 Å². The van der Waals surface area contributed by atoms with Crippen LogP contribution in [0, 0.1) is 5.92 Å². The van der Waals surface area contributed by atoms with Crippen LogP contribution in [-0.2, 0) is 9.47 Å². The quantitative estimate of drug-likeness (QED) is 0.300. The third kappa shape index (κ3) is 7.09. The molecule has 0 aliphatic heterocycles. The summed E-state index contributed by atoms with van der Waals surface area (Å²) in [5.41, 5.74) is 0. The van der Waals surface area contributed by atoms with Gasteiger partial charge in [0.25, 0.3) is 0 Å². The monoisotopic (exact) mass is 412 g/mol. The Balaban J connectivity index is 2.16. The van der Waals surface area contributed by atoms with Crippen molar-refractivity contribution in [3.05, 3.63) is 60.7 Å². The highest BCUT2D eigenvalue weighted by atomic mass is 28.3. The van der Waals surface area contributed by atoms with Crippen LogP contribution in [0.5, 0.6) is 0 Å². The molecule has 2 nitrogen and oxygen atoms in total. The van der Waals surface area contributed by atoms with E-state index in [0.717, 1.165) is 19.4 Å². The van der Waals surface area contributed by atoms with Crippen molar-refractivity contribution in [2.75, 3.05) is 20.8 Å². The Morgan fingerprint density at radius 2 is 1.38 bits per heavy atom. The molecule has 2 aromatic rings. The largest absolute Gasteiger partial charge is 0.384 e. The molecule has 0 amide bonds. The Kier molecular flexibility index (Phi) is 10.7. The van der Waals surface area contributed by atoms with Gasteiger partial charge in [0.15, 0.2) is 0 Å². The predicted octanol–water partition coefficient (Wildman–Crippen LogP) is 5.52. The zero-order valence-corrected chi connectivity index (χ0v) is 19.9. The molecule has 0 saturated heterocycles. The van der Waals surface area contributed by atoms with Crippen LogP contribution in [0.4, 0.5) is 0 Å². The fourth-order valence-corrected chi connectivity index (χ4v) is 8.17. The van der Waals surface area contributed by atoms with Gasteiger partial charge >= 0.3 is 0 Å². The van der Waals surface area contributed by atoms with Crippen molar-refractivity contribution in [3.63, 3.8) is 0 Å². The van der Waals surface area contributed by atoms with E-state index >= 15 is 0 Å². The molecule has 0 saturated carbocycles. The number of methoxy groups -OCH3 is 2. The van der Waals surface area contributed by atoms with Crippen molar-refractivity contribution in [2.24, 2.45) is 5.92 Å². The molecule has 0 radical (unpaired) electrons. The second-order valence-electron chi connectivity index (χ2n) is 8.44. The van der Waals surface area contributed by atoms with Crippen LogP contribution in [0.1, 0.15) is 45.4 Å². The first-order valence-corrected chi connectivity index (χ1v) is 14.0. The van der Waals surface area contributed by atoms with Crippen LogP contribution < -0.4 is 10.4 Å². The topological polar surface area (TPSA) is 18.5 Å². The van der Waals surface area contributed by atoms with E-state index in [1.807, 2.05) is 14.2 Å². The lowest BCUT2D eigenvalue weighted by atomic mass is 9.95. The van der Waals surface area contributed by atoms with E-state index in [9.17, 15) is 0 Å². The van der Waals surface area contributed by atoms with Gasteiger partial charge in [-0.3, -0.25) is 0 Å². The van der Waals surface area contributed by atoms with Gasteiger partial charge in [0.05, 0.1) is 12.7 Å². The maximum Gasteiger partial charge on any atom is 0.115 e. The van der Waals surface area contributed by atoms with Crippen LogP contribution in [0.25, 0.3) is 0 Å². The van der Waals surface area contributed by atoms with Gasteiger partial charge in [-0.05, 0) is 18.9 Å². The van der Waals surface area contributed by atoms with E-state index in [1.54, 1.807) is 0 Å². The van der Waals surface area contributed by atoms with Crippen molar-refractivity contribution in [2.45, 2.75) is 64.1 Å². The average Bonchev–Trinajstić information content (AvgIpc) is 2.78. The smallest absolute Gasteiger partial charge is 0.115 e. The molecule has 0 heterocycles. The summed E-state index contributed by atoms with van der Waals surface area (Å²) in [6.07, 6.45) is 7.72. The van der Waals surface area contributed by atoms with E-state index < -0.39 is 8.07 Å². The first-order chi connectivity index (χ1) is 14.2. The van der Waals surface area contributed by atoms with E-state index in [2.05, 4.69) is 74.1 Å². The third-order valence-electron chi connectivity index (χ3n) is 6.39. The first-order valence-electron chi connectivity index (χ1n) is 11.3. The fraction of sp³-hybridized carbons (Fsp3) is 0.538. The van der Waals surface area contributed by atoms with Gasteiger partial charge < -0.3 is 9.47 Å². The molecule has 0 aliphatic carbocycles. The van der Waals surface area contributed by atoms with E-state index in [-0.39, 0.29) is 6.10 Å². The second kappa shape index (κ2) is 13.0. The SMILES string of the molecule is CCCCCCC(OC)C(CC[Si](C)(c1ccccc1)c1ccccc1)COC. The maximum atomic E-state index is 5.96. The maximum absolute atomic E-state index is 5.96. The molecule has 0 N–H and O–H groups in total. The lowest BCUT2D eigenvalue weighted by molar-refractivity contribution is 0.00652. The zero-order chi connectivity index (χ0) is 21.0. The lowest BCUT2D eigenvalue weighted by Gasteiger charge is -2.32. The molecule has 2 atom stereocenters. The molecular weight excluding hydrogens is 372 g/mol. The summed E-state index contributed by atoms with van der Waals surface area (Å²) in [5.74, 6) is 0.450. The van der Waals surface area contributed by atoms with E-state index in [0.29, 0.717) is 5.92 Å². The third-order valence-corrected chi connectivity index (χ3v) is 10.9. The van der Waals surface area contributed by atoms with Gasteiger partial charge in [-0.15, -0.1) is 0 Å². The predicted molar refractivity (Wildman–Crippen MR) is 128 cm³/mol. The van der Waals surface area contributed by atoms with Crippen LogP contribution >= 0.6 is 0 Å². The van der Waals surface area contributed by atoms with Crippen molar-refractivity contribution >= 4 is 18.4 Å². The molecule has 2 rings (SSSR count). The fourth-order valence-electron chi connectivity index (χ4n) is 4.45. The highest BCUT2D eigenvalue weighted by molar-refractivity contribution is 7.01. The van der Waals surface area contributed by atoms with Crippen molar-refractivity contribution in [1.29, 1.82) is 0 Å². The summed E-state index contributed by atoms with van der Waals surface area (Å²) in [7, 11) is 1.89. The van der Waals surface area contributed by atoms with Crippen molar-refractivity contribution < 1.29 is 9.47 Å². The number of hydrogen-bond acceptors (Lipinski definition) is 2. The minimum atomic E-state index is -1.81. The molecule has 0 fully saturated rings. The number of hydrogen-bond donors (Lipinski definition) is 0. The summed E-state index contributed by atoms with van der Waals surface area (Å²) in [6, 6.07) is 23.5. The summed E-state index contributed by atoms with van der Waals surface area (Å²) < 4.78 is 11.6. The highest BCUT2D eigenvalue weighted by Gasteiger charge is 2.33. The molecule has 0 spiro atoms. The van der Waals surface area contributed by atoms with E-state index in [4.69, 9.17) is 9.47 Å². The number of unbranched alkanes of at least 4 members (excludes halogenated alkanes) is 3. The Morgan fingerprint density at radius 3 is 1.86 bits per heavy atom. The normalized spacial score (nSPS) is 13.9. The van der Waals surface area contributed by atoms with E-state index in [1.165, 1.54) is 42.1 Å². The van der Waals surface area contributed by atoms with Crippen LogP contribution in [-0.4, -0.2) is 35.0 Å². The van der Waals surface area contributed by atoms with Crippen LogP contribution in [0.3, 0.4) is 0 Å². The Bertz CT molecular complexity index is 619. The molecule has 2 unspecified atom stereocenters. The Hall–Kier alpha value is -1.42. The molecular formula is C26H40O2Si. The Morgan fingerprint density at radius 1 is 0.793 bits per heavy atom. The van der Waals surface area contributed by atoms with Gasteiger partial charge in [-0.2, -0.15) is 0 Å².